The van der Waals surface area contributed by atoms with Gasteiger partial charge in [0.15, 0.2) is 5.16 Å². The lowest BCUT2D eigenvalue weighted by Crippen LogP contribution is -2.39. The summed E-state index contributed by atoms with van der Waals surface area (Å²) in [5.41, 5.74) is 0.477. The summed E-state index contributed by atoms with van der Waals surface area (Å²) in [6.45, 7) is 4.68. The third kappa shape index (κ3) is 4.45. The van der Waals surface area contributed by atoms with E-state index in [9.17, 15) is 18.5 Å². The predicted octanol–water partition coefficient (Wildman–Crippen LogP) is 3.27. The van der Waals surface area contributed by atoms with E-state index in [0.29, 0.717) is 23.1 Å². The number of nitrogens with zero attached hydrogens (tertiary/aromatic N) is 4. The number of aryl methyl sites for hydroxylation is 1. The first-order valence-corrected chi connectivity index (χ1v) is 10.8. The smallest absolute Gasteiger partial charge is 0.258 e. The summed E-state index contributed by atoms with van der Waals surface area (Å²) in [4.78, 5) is 19.5. The van der Waals surface area contributed by atoms with Crippen LogP contribution >= 0.6 is 11.8 Å². The summed E-state index contributed by atoms with van der Waals surface area (Å²) in [6, 6.07) is 5.73. The molecule has 27 heavy (non-hydrogen) atoms. The zero-order valence-corrected chi connectivity index (χ0v) is 16.7. The Hall–Kier alpha value is -2.04. The van der Waals surface area contributed by atoms with Gasteiger partial charge in [-0.15, -0.1) is 0 Å². The summed E-state index contributed by atoms with van der Waals surface area (Å²) < 4.78 is 27.2. The van der Waals surface area contributed by atoms with Gasteiger partial charge in [0.25, 0.3) is 5.69 Å². The van der Waals surface area contributed by atoms with E-state index in [1.54, 1.807) is 19.2 Å². The molecule has 10 heteroatoms. The van der Waals surface area contributed by atoms with Crippen LogP contribution in [-0.4, -0.2) is 40.7 Å². The maximum atomic E-state index is 12.9. The molecule has 8 nitrogen and oxygen atoms in total. The van der Waals surface area contributed by atoms with Gasteiger partial charge in [0, 0.05) is 31.0 Å². The topological polar surface area (TPSA) is 106 Å². The van der Waals surface area contributed by atoms with Gasteiger partial charge in [0.1, 0.15) is 0 Å². The minimum Gasteiger partial charge on any atom is -0.258 e. The van der Waals surface area contributed by atoms with Crippen molar-refractivity contribution in [1.82, 2.24) is 14.3 Å². The first-order valence-electron chi connectivity index (χ1n) is 8.53. The Kier molecular flexibility index (Phi) is 5.78. The number of nitro benzene ring substituents is 1. The van der Waals surface area contributed by atoms with E-state index in [4.69, 9.17) is 0 Å². The number of benzene rings is 1. The number of piperidine rings is 1. The Labute approximate surface area is 162 Å². The lowest BCUT2D eigenvalue weighted by Gasteiger charge is -2.30. The molecule has 1 aliphatic rings. The largest absolute Gasteiger partial charge is 0.284 e. The van der Waals surface area contributed by atoms with E-state index >= 15 is 0 Å². The number of hydrogen-bond acceptors (Lipinski definition) is 7. The van der Waals surface area contributed by atoms with Crippen LogP contribution in [0.1, 0.15) is 25.5 Å². The summed E-state index contributed by atoms with van der Waals surface area (Å²) >= 11 is 1.04. The van der Waals surface area contributed by atoms with Gasteiger partial charge >= 0.3 is 0 Å². The first-order chi connectivity index (χ1) is 12.8. The molecule has 144 valence electrons. The Morgan fingerprint density at radius 3 is 2.78 bits per heavy atom. The van der Waals surface area contributed by atoms with E-state index in [1.165, 1.54) is 16.4 Å². The molecular formula is C17H20N4O4S2. The van der Waals surface area contributed by atoms with Crippen molar-refractivity contribution in [2.45, 2.75) is 41.6 Å². The zero-order valence-electron chi connectivity index (χ0n) is 15.0. The van der Waals surface area contributed by atoms with E-state index in [1.807, 2.05) is 6.92 Å². The molecule has 2 aromatic rings. The van der Waals surface area contributed by atoms with Gasteiger partial charge in [0.05, 0.1) is 14.7 Å². The molecule has 1 aromatic carbocycles. The van der Waals surface area contributed by atoms with Crippen LogP contribution in [0.3, 0.4) is 0 Å². The van der Waals surface area contributed by atoms with Crippen LogP contribution in [-0.2, 0) is 10.0 Å². The number of aromatic nitrogens is 2. The quantitative estimate of drug-likeness (QED) is 0.424. The fourth-order valence-corrected chi connectivity index (χ4v) is 5.47. The van der Waals surface area contributed by atoms with Crippen molar-refractivity contribution in [1.29, 1.82) is 0 Å². The molecule has 3 rings (SSSR count). The molecule has 1 saturated heterocycles. The van der Waals surface area contributed by atoms with Crippen molar-refractivity contribution in [3.63, 3.8) is 0 Å². The van der Waals surface area contributed by atoms with Crippen LogP contribution in [0.2, 0.25) is 0 Å². The van der Waals surface area contributed by atoms with Gasteiger partial charge in [-0.1, -0.05) is 6.92 Å². The van der Waals surface area contributed by atoms with Crippen molar-refractivity contribution >= 4 is 27.5 Å². The second kappa shape index (κ2) is 7.91. The Balaban J connectivity index is 1.94. The van der Waals surface area contributed by atoms with Crippen LogP contribution in [0.5, 0.6) is 0 Å². The molecule has 0 amide bonds. The number of nitro groups is 1. The predicted molar refractivity (Wildman–Crippen MR) is 101 cm³/mol. The number of hydrogen-bond donors (Lipinski definition) is 0. The second-order valence-corrected chi connectivity index (χ2v) is 9.53. The molecular weight excluding hydrogens is 388 g/mol. The van der Waals surface area contributed by atoms with Crippen LogP contribution in [0, 0.1) is 23.0 Å². The van der Waals surface area contributed by atoms with Crippen molar-refractivity contribution < 1.29 is 13.3 Å². The van der Waals surface area contributed by atoms with Gasteiger partial charge < -0.3 is 0 Å². The van der Waals surface area contributed by atoms with Gasteiger partial charge in [-0.3, -0.25) is 10.1 Å². The standard InChI is InChI=1S/C17H20N4O4S2/c1-12-4-3-9-20(11-12)27(24,25)14-5-6-16(15(10-14)21(22)23)26-17-18-8-7-13(2)19-17/h5-8,10,12H,3-4,9,11H2,1-2H3/t12-/m1/s1. The molecule has 1 fully saturated rings. The molecule has 1 atom stereocenters. The number of rotatable bonds is 5. The second-order valence-electron chi connectivity index (χ2n) is 6.58. The minimum atomic E-state index is -3.76. The maximum Gasteiger partial charge on any atom is 0.284 e. The molecule has 0 aliphatic carbocycles. The van der Waals surface area contributed by atoms with Crippen molar-refractivity contribution in [3.8, 4) is 0 Å². The fraction of sp³-hybridized carbons (Fsp3) is 0.412. The molecule has 0 unspecified atom stereocenters. The normalized spacial score (nSPS) is 18.4. The highest BCUT2D eigenvalue weighted by atomic mass is 32.2. The Morgan fingerprint density at radius 1 is 1.33 bits per heavy atom. The first kappa shape index (κ1) is 19.7. The average molecular weight is 409 g/mol. The monoisotopic (exact) mass is 408 g/mol. The third-order valence-corrected chi connectivity index (χ3v) is 7.16. The Morgan fingerprint density at radius 2 is 2.11 bits per heavy atom. The van der Waals surface area contributed by atoms with Gasteiger partial charge in [-0.25, -0.2) is 18.4 Å². The van der Waals surface area contributed by atoms with Crippen LogP contribution in [0.15, 0.2) is 45.4 Å². The SMILES string of the molecule is Cc1ccnc(Sc2ccc(S(=O)(=O)N3CCC[C@@H](C)C3)cc2[N+](=O)[O-])n1. The number of sulfonamides is 1. The van der Waals surface area contributed by atoms with E-state index in [0.717, 1.165) is 36.4 Å². The van der Waals surface area contributed by atoms with E-state index in [2.05, 4.69) is 9.97 Å². The highest BCUT2D eigenvalue weighted by Crippen LogP contribution is 2.35. The molecule has 0 saturated carbocycles. The van der Waals surface area contributed by atoms with Crippen LogP contribution in [0.4, 0.5) is 5.69 Å². The zero-order chi connectivity index (χ0) is 19.6. The van der Waals surface area contributed by atoms with E-state index < -0.39 is 14.9 Å². The van der Waals surface area contributed by atoms with Crippen molar-refractivity contribution in [2.75, 3.05) is 13.1 Å². The van der Waals surface area contributed by atoms with Crippen molar-refractivity contribution in [2.24, 2.45) is 5.92 Å². The summed E-state index contributed by atoms with van der Waals surface area (Å²) in [5, 5.41) is 11.9. The summed E-state index contributed by atoms with van der Waals surface area (Å²) in [6.07, 6.45) is 3.35. The Bertz CT molecular complexity index is 965. The third-order valence-electron chi connectivity index (χ3n) is 4.36. The van der Waals surface area contributed by atoms with Crippen LogP contribution in [0.25, 0.3) is 0 Å². The van der Waals surface area contributed by atoms with E-state index in [-0.39, 0.29) is 16.5 Å². The lowest BCUT2D eigenvalue weighted by molar-refractivity contribution is -0.388. The molecule has 0 radical (unpaired) electrons. The fourth-order valence-electron chi connectivity index (χ4n) is 2.97. The molecule has 0 N–H and O–H groups in total. The molecule has 0 bridgehead atoms. The van der Waals surface area contributed by atoms with Crippen LogP contribution < -0.4 is 0 Å². The summed E-state index contributed by atoms with van der Waals surface area (Å²) in [5.74, 6) is 0.275. The average Bonchev–Trinajstić information content (AvgIpc) is 2.61. The van der Waals surface area contributed by atoms with Crippen molar-refractivity contribution in [3.05, 3.63) is 46.3 Å². The molecule has 1 aromatic heterocycles. The molecule has 2 heterocycles. The highest BCUT2D eigenvalue weighted by molar-refractivity contribution is 7.99. The lowest BCUT2D eigenvalue weighted by atomic mass is 10.0. The van der Waals surface area contributed by atoms with Gasteiger partial charge in [-0.2, -0.15) is 4.31 Å². The summed E-state index contributed by atoms with van der Waals surface area (Å²) in [7, 11) is -3.76. The van der Waals surface area contributed by atoms with Gasteiger partial charge in [0.2, 0.25) is 10.0 Å². The molecule has 1 aliphatic heterocycles. The highest BCUT2D eigenvalue weighted by Gasteiger charge is 2.30. The molecule has 0 spiro atoms. The maximum absolute atomic E-state index is 12.9. The minimum absolute atomic E-state index is 0.0576. The van der Waals surface area contributed by atoms with Gasteiger partial charge in [-0.05, 0) is 55.6 Å².